The molecule has 1 amide bonds. The van der Waals surface area contributed by atoms with E-state index in [1.165, 1.54) is 26.3 Å². The Morgan fingerprint density at radius 2 is 2.11 bits per heavy atom. The zero-order valence-electron chi connectivity index (χ0n) is 20.0. The van der Waals surface area contributed by atoms with Gasteiger partial charge in [0.25, 0.3) is 5.91 Å². The third-order valence-electron chi connectivity index (χ3n) is 6.10. The Morgan fingerprint density at radius 3 is 2.86 bits per heavy atom. The summed E-state index contributed by atoms with van der Waals surface area (Å²) in [4.78, 5) is 17.1. The highest BCUT2D eigenvalue weighted by atomic mass is 19.1. The van der Waals surface area contributed by atoms with Crippen LogP contribution in [0.1, 0.15) is 22.5 Å². The van der Waals surface area contributed by atoms with E-state index in [0.717, 1.165) is 29.6 Å². The second kappa shape index (κ2) is 10.7. The summed E-state index contributed by atoms with van der Waals surface area (Å²) in [6, 6.07) is 10.1. The minimum Gasteiger partial charge on any atom is -0.495 e. The van der Waals surface area contributed by atoms with Crippen molar-refractivity contribution in [1.82, 2.24) is 15.2 Å². The maximum absolute atomic E-state index is 14.5. The molecule has 1 saturated heterocycles. The Balaban J connectivity index is 1.46. The second-order valence-corrected chi connectivity index (χ2v) is 8.53. The topological polar surface area (TPSA) is 81.4 Å². The summed E-state index contributed by atoms with van der Waals surface area (Å²) in [5, 5.41) is 9.74. The largest absolute Gasteiger partial charge is 0.495 e. The summed E-state index contributed by atoms with van der Waals surface area (Å²) in [5.41, 5.74) is 2.80. The Hall–Kier alpha value is -3.77. The molecule has 4 rings (SSSR count). The number of alkyl halides is 1. The number of methoxy groups -OCH3 is 1. The van der Waals surface area contributed by atoms with Gasteiger partial charge in [-0.1, -0.05) is 12.0 Å². The van der Waals surface area contributed by atoms with Crippen LogP contribution in [0.25, 0.3) is 10.9 Å². The first kappa shape index (κ1) is 24.4. The smallest absolute Gasteiger partial charge is 0.254 e. The van der Waals surface area contributed by atoms with Gasteiger partial charge in [0.1, 0.15) is 17.7 Å². The zero-order chi connectivity index (χ0) is 24.9. The Morgan fingerprint density at radius 1 is 1.29 bits per heavy atom. The van der Waals surface area contributed by atoms with E-state index in [1.807, 2.05) is 36.2 Å². The molecule has 184 valence electrons. The van der Waals surface area contributed by atoms with Gasteiger partial charge in [-0.05, 0) is 43.7 Å². The minimum atomic E-state index is -0.930. The van der Waals surface area contributed by atoms with Gasteiger partial charge >= 0.3 is 0 Å². The van der Waals surface area contributed by atoms with E-state index in [2.05, 4.69) is 32.8 Å². The number of rotatable bonds is 6. The molecule has 0 radical (unpaired) electrons. The molecule has 1 fully saturated rings. The van der Waals surface area contributed by atoms with Crippen LogP contribution in [0.15, 0.2) is 36.4 Å². The summed E-state index contributed by atoms with van der Waals surface area (Å²) in [5.74, 6) is 5.23. The summed E-state index contributed by atoms with van der Waals surface area (Å²) in [7, 11) is 4.82. The predicted octanol–water partition coefficient (Wildman–Crippen LogP) is 3.59. The molecule has 0 bridgehead atoms. The highest BCUT2D eigenvalue weighted by Gasteiger charge is 2.27. The molecule has 1 aliphatic heterocycles. The number of H-pyrrole nitrogens is 1. The summed E-state index contributed by atoms with van der Waals surface area (Å²) < 4.78 is 34.1. The Labute approximate surface area is 203 Å². The van der Waals surface area contributed by atoms with E-state index >= 15 is 0 Å². The van der Waals surface area contributed by atoms with Gasteiger partial charge in [-0.3, -0.25) is 4.79 Å². The molecule has 3 aromatic rings. The van der Waals surface area contributed by atoms with Crippen molar-refractivity contribution in [1.29, 1.82) is 0 Å². The fourth-order valence-electron chi connectivity index (χ4n) is 4.22. The standard InChI is InChI=1S/C26H29F2N5O2/c1-29-26(34)17-13-25(35-3)24(14-19(17)27)30-10-5-6-16-12-18-21(31-16)7-4-8-22(18)32-23-9-11-33(2)15-20(23)28/h4,7-8,12-14,20,23,30-32H,9-11,15H2,1-3H3,(H,29,34). The monoisotopic (exact) mass is 481 g/mol. The third kappa shape index (κ3) is 5.49. The highest BCUT2D eigenvalue weighted by molar-refractivity contribution is 5.95. The van der Waals surface area contributed by atoms with Gasteiger partial charge in [-0.2, -0.15) is 0 Å². The molecule has 7 nitrogen and oxygen atoms in total. The molecule has 9 heteroatoms. The van der Waals surface area contributed by atoms with E-state index in [0.29, 0.717) is 23.7 Å². The first-order valence-corrected chi connectivity index (χ1v) is 11.4. The Bertz CT molecular complexity index is 1280. The van der Waals surface area contributed by atoms with E-state index in [1.54, 1.807) is 0 Å². The van der Waals surface area contributed by atoms with E-state index in [9.17, 15) is 13.6 Å². The number of hydrogen-bond donors (Lipinski definition) is 4. The molecule has 35 heavy (non-hydrogen) atoms. The van der Waals surface area contributed by atoms with E-state index in [-0.39, 0.29) is 18.2 Å². The molecule has 1 aliphatic rings. The van der Waals surface area contributed by atoms with Crippen molar-refractivity contribution in [2.45, 2.75) is 18.6 Å². The number of aromatic amines is 1. The van der Waals surface area contributed by atoms with Crippen molar-refractivity contribution >= 4 is 28.2 Å². The number of benzene rings is 2. The first-order valence-electron chi connectivity index (χ1n) is 11.4. The van der Waals surface area contributed by atoms with Gasteiger partial charge in [0.15, 0.2) is 0 Å². The lowest BCUT2D eigenvalue weighted by molar-refractivity contribution is 0.0958. The number of fused-ring (bicyclic) bond motifs is 1. The lowest BCUT2D eigenvalue weighted by Crippen LogP contribution is -2.46. The maximum atomic E-state index is 14.5. The molecule has 0 saturated carbocycles. The van der Waals surface area contributed by atoms with Crippen LogP contribution in [0.5, 0.6) is 5.75 Å². The summed E-state index contributed by atoms with van der Waals surface area (Å²) >= 11 is 0. The number of carbonyl (C=O) groups excluding carboxylic acids is 1. The lowest BCUT2D eigenvalue weighted by Gasteiger charge is -2.33. The quantitative estimate of drug-likeness (QED) is 0.405. The van der Waals surface area contributed by atoms with Crippen molar-refractivity contribution in [2.75, 3.05) is 51.5 Å². The average molecular weight is 482 g/mol. The molecular formula is C26H29F2N5O2. The van der Waals surface area contributed by atoms with Crippen molar-refractivity contribution in [3.63, 3.8) is 0 Å². The normalized spacial score (nSPS) is 18.0. The second-order valence-electron chi connectivity index (χ2n) is 8.53. The van der Waals surface area contributed by atoms with Crippen molar-refractivity contribution < 1.29 is 18.3 Å². The lowest BCUT2D eigenvalue weighted by atomic mass is 10.0. The van der Waals surface area contributed by atoms with Crippen molar-refractivity contribution in [3.05, 3.63) is 53.5 Å². The SMILES string of the molecule is CNC(=O)c1cc(OC)c(NCC#Cc2cc3c(NC4CCN(C)CC4F)cccc3[nH]2)cc1F. The molecule has 2 heterocycles. The summed E-state index contributed by atoms with van der Waals surface area (Å²) in [6.45, 7) is 1.51. The molecule has 4 N–H and O–H groups in total. The molecule has 2 unspecified atom stereocenters. The molecule has 0 spiro atoms. The first-order chi connectivity index (χ1) is 16.9. The van der Waals surface area contributed by atoms with Gasteiger partial charge in [-0.15, -0.1) is 0 Å². The van der Waals surface area contributed by atoms with Crippen LogP contribution >= 0.6 is 0 Å². The molecular weight excluding hydrogens is 452 g/mol. The zero-order valence-corrected chi connectivity index (χ0v) is 20.0. The molecule has 2 aromatic carbocycles. The van der Waals surface area contributed by atoms with Crippen LogP contribution in [0, 0.1) is 17.7 Å². The maximum Gasteiger partial charge on any atom is 0.254 e. The van der Waals surface area contributed by atoms with Crippen LogP contribution in [0.4, 0.5) is 20.2 Å². The van der Waals surface area contributed by atoms with Gasteiger partial charge in [0.05, 0.1) is 36.6 Å². The molecule has 2 atom stereocenters. The number of hydrogen-bond acceptors (Lipinski definition) is 5. The van der Waals surface area contributed by atoms with Crippen LogP contribution in [-0.2, 0) is 0 Å². The molecule has 0 aliphatic carbocycles. The minimum absolute atomic E-state index is 0.0946. The number of amides is 1. The number of carbonyl (C=O) groups is 1. The highest BCUT2D eigenvalue weighted by Crippen LogP contribution is 2.29. The number of likely N-dealkylation sites (tertiary alicyclic amines) is 1. The van der Waals surface area contributed by atoms with Crippen molar-refractivity contribution in [2.24, 2.45) is 0 Å². The van der Waals surface area contributed by atoms with Crippen LogP contribution in [-0.4, -0.2) is 68.8 Å². The van der Waals surface area contributed by atoms with E-state index in [4.69, 9.17) is 4.74 Å². The fourth-order valence-corrected chi connectivity index (χ4v) is 4.22. The number of halogens is 2. The van der Waals surface area contributed by atoms with Gasteiger partial charge in [0.2, 0.25) is 0 Å². The molecule has 1 aromatic heterocycles. The van der Waals surface area contributed by atoms with E-state index < -0.39 is 17.9 Å². The number of nitrogens with zero attached hydrogens (tertiary/aromatic N) is 1. The van der Waals surface area contributed by atoms with Crippen LogP contribution in [0.3, 0.4) is 0 Å². The van der Waals surface area contributed by atoms with Crippen LogP contribution in [0.2, 0.25) is 0 Å². The number of aromatic nitrogens is 1. The third-order valence-corrected chi connectivity index (χ3v) is 6.10. The number of ether oxygens (including phenoxy) is 1. The average Bonchev–Trinajstić information content (AvgIpc) is 3.27. The fraction of sp³-hybridized carbons (Fsp3) is 0.346. The summed E-state index contributed by atoms with van der Waals surface area (Å²) in [6.07, 6.45) is -0.189. The number of piperidine rings is 1. The van der Waals surface area contributed by atoms with Crippen molar-refractivity contribution in [3.8, 4) is 17.6 Å². The van der Waals surface area contributed by atoms with Gasteiger partial charge < -0.3 is 30.6 Å². The number of anilines is 2. The Kier molecular flexibility index (Phi) is 7.42. The van der Waals surface area contributed by atoms with Crippen LogP contribution < -0.4 is 20.7 Å². The van der Waals surface area contributed by atoms with Gasteiger partial charge in [-0.25, -0.2) is 8.78 Å². The number of nitrogens with one attached hydrogen (secondary N) is 4. The predicted molar refractivity (Wildman–Crippen MR) is 134 cm³/mol. The van der Waals surface area contributed by atoms with Gasteiger partial charge in [0, 0.05) is 42.8 Å².